The Morgan fingerprint density at radius 1 is 0.923 bits per heavy atom. The smallest absolute Gasteiger partial charge is 0.255 e. The highest BCUT2D eigenvalue weighted by atomic mass is 19.2. The molecule has 0 bridgehead atoms. The Kier molecular flexibility index (Phi) is 5.11. The first-order valence-corrected chi connectivity index (χ1v) is 8.03. The van der Waals surface area contributed by atoms with Crippen molar-refractivity contribution in [1.29, 1.82) is 0 Å². The van der Waals surface area contributed by atoms with Crippen molar-refractivity contribution in [2.45, 2.75) is 0 Å². The Morgan fingerprint density at radius 2 is 1.50 bits per heavy atom. The third kappa shape index (κ3) is 3.63. The van der Waals surface area contributed by atoms with E-state index in [1.165, 1.54) is 24.3 Å². The molecule has 1 fully saturated rings. The fourth-order valence-corrected chi connectivity index (χ4v) is 2.73. The van der Waals surface area contributed by atoms with Gasteiger partial charge in [0.1, 0.15) is 0 Å². The number of carbonyl (C=O) groups is 2. The molecule has 2 amide bonds. The largest absolute Gasteiger partial charge is 0.481 e. The third-order valence-corrected chi connectivity index (χ3v) is 4.21. The van der Waals surface area contributed by atoms with Crippen LogP contribution in [0.1, 0.15) is 20.7 Å². The second-order valence-corrected chi connectivity index (χ2v) is 5.80. The zero-order valence-corrected chi connectivity index (χ0v) is 14.1. The highest BCUT2D eigenvalue weighted by Gasteiger charge is 2.26. The van der Waals surface area contributed by atoms with E-state index in [9.17, 15) is 18.4 Å². The molecule has 1 saturated heterocycles. The molecule has 2 heterocycles. The number of piperazine rings is 1. The molecule has 1 aromatic carbocycles. The summed E-state index contributed by atoms with van der Waals surface area (Å²) in [7, 11) is 1.49. The van der Waals surface area contributed by atoms with Gasteiger partial charge in [0, 0.05) is 44.0 Å². The van der Waals surface area contributed by atoms with Crippen LogP contribution in [0.15, 0.2) is 36.5 Å². The molecule has 136 valence electrons. The highest BCUT2D eigenvalue weighted by molar-refractivity contribution is 5.95. The third-order valence-electron chi connectivity index (χ3n) is 4.21. The van der Waals surface area contributed by atoms with Crippen molar-refractivity contribution in [3.63, 3.8) is 0 Å². The van der Waals surface area contributed by atoms with Crippen LogP contribution >= 0.6 is 0 Å². The van der Waals surface area contributed by atoms with Gasteiger partial charge in [0.05, 0.1) is 12.7 Å². The van der Waals surface area contributed by atoms with Gasteiger partial charge >= 0.3 is 0 Å². The van der Waals surface area contributed by atoms with E-state index in [2.05, 4.69) is 4.98 Å². The van der Waals surface area contributed by atoms with E-state index in [0.29, 0.717) is 37.6 Å². The van der Waals surface area contributed by atoms with Crippen molar-refractivity contribution in [2.75, 3.05) is 33.3 Å². The zero-order chi connectivity index (χ0) is 18.7. The second-order valence-electron chi connectivity index (χ2n) is 5.80. The predicted octanol–water partition coefficient (Wildman–Crippen LogP) is 1.97. The van der Waals surface area contributed by atoms with E-state index in [0.717, 1.165) is 12.1 Å². The fraction of sp³-hybridized carbons (Fsp3) is 0.278. The van der Waals surface area contributed by atoms with Gasteiger partial charge in [-0.2, -0.15) is 0 Å². The van der Waals surface area contributed by atoms with Crippen LogP contribution in [0, 0.1) is 11.6 Å². The fourth-order valence-electron chi connectivity index (χ4n) is 2.73. The molecule has 0 radical (unpaired) electrons. The quantitative estimate of drug-likeness (QED) is 0.839. The van der Waals surface area contributed by atoms with E-state index in [-0.39, 0.29) is 17.4 Å². The molecule has 1 aromatic heterocycles. The molecular formula is C18H17F2N3O3. The van der Waals surface area contributed by atoms with Crippen molar-refractivity contribution in [1.82, 2.24) is 14.8 Å². The lowest BCUT2D eigenvalue weighted by atomic mass is 10.1. The SMILES string of the molecule is COc1ccc(C(=O)N2CCN(C(=O)c3ccc(F)c(F)c3)CC2)cn1. The molecule has 0 N–H and O–H groups in total. The van der Waals surface area contributed by atoms with E-state index in [4.69, 9.17) is 4.74 Å². The van der Waals surface area contributed by atoms with Gasteiger partial charge in [-0.3, -0.25) is 9.59 Å². The predicted molar refractivity (Wildman–Crippen MR) is 89.0 cm³/mol. The number of halogens is 2. The van der Waals surface area contributed by atoms with Gasteiger partial charge in [0.15, 0.2) is 11.6 Å². The number of ether oxygens (including phenoxy) is 1. The van der Waals surface area contributed by atoms with Crippen LogP contribution in [0.4, 0.5) is 8.78 Å². The normalized spacial score (nSPS) is 14.3. The van der Waals surface area contributed by atoms with Crippen LogP contribution < -0.4 is 4.74 Å². The summed E-state index contributed by atoms with van der Waals surface area (Å²) in [6, 6.07) is 6.31. The Hall–Kier alpha value is -3.03. The van der Waals surface area contributed by atoms with Crippen molar-refractivity contribution < 1.29 is 23.1 Å². The summed E-state index contributed by atoms with van der Waals surface area (Å²) in [5.41, 5.74) is 0.522. The maximum Gasteiger partial charge on any atom is 0.255 e. The van der Waals surface area contributed by atoms with Crippen LogP contribution in [0.2, 0.25) is 0 Å². The van der Waals surface area contributed by atoms with Crippen molar-refractivity contribution >= 4 is 11.8 Å². The van der Waals surface area contributed by atoms with E-state index < -0.39 is 11.6 Å². The molecule has 1 aliphatic heterocycles. The number of pyridine rings is 1. The average Bonchev–Trinajstić information content (AvgIpc) is 2.69. The summed E-state index contributed by atoms with van der Waals surface area (Å²) in [5.74, 6) is -2.20. The monoisotopic (exact) mass is 361 g/mol. The number of rotatable bonds is 3. The van der Waals surface area contributed by atoms with Crippen LogP contribution in [0.3, 0.4) is 0 Å². The summed E-state index contributed by atoms with van der Waals surface area (Å²) in [5, 5.41) is 0. The topological polar surface area (TPSA) is 62.7 Å². The highest BCUT2D eigenvalue weighted by Crippen LogP contribution is 2.15. The molecule has 26 heavy (non-hydrogen) atoms. The summed E-state index contributed by atoms with van der Waals surface area (Å²) in [6.45, 7) is 1.32. The number of methoxy groups -OCH3 is 1. The number of benzene rings is 1. The van der Waals surface area contributed by atoms with Crippen LogP contribution in [-0.2, 0) is 0 Å². The Morgan fingerprint density at radius 3 is 2.00 bits per heavy atom. The first kappa shape index (κ1) is 17.8. The summed E-state index contributed by atoms with van der Waals surface area (Å²) < 4.78 is 31.3. The standard InChI is InChI=1S/C18H17F2N3O3/c1-26-16-5-3-13(11-21-16)18(25)23-8-6-22(7-9-23)17(24)12-2-4-14(19)15(20)10-12/h2-5,10-11H,6-9H2,1H3. The Balaban J connectivity index is 1.61. The molecule has 2 aromatic rings. The number of amides is 2. The van der Waals surface area contributed by atoms with Gasteiger partial charge in [-0.05, 0) is 24.3 Å². The Bertz CT molecular complexity index is 819. The number of carbonyl (C=O) groups excluding carboxylic acids is 2. The van der Waals surface area contributed by atoms with Crippen LogP contribution in [0.5, 0.6) is 5.88 Å². The molecule has 0 aliphatic carbocycles. The minimum Gasteiger partial charge on any atom is -0.481 e. The summed E-state index contributed by atoms with van der Waals surface area (Å²) >= 11 is 0. The minimum atomic E-state index is -1.06. The van der Waals surface area contributed by atoms with Gasteiger partial charge in [-0.15, -0.1) is 0 Å². The lowest BCUT2D eigenvalue weighted by Crippen LogP contribution is -2.50. The minimum absolute atomic E-state index is 0.0861. The molecule has 3 rings (SSSR count). The molecule has 1 aliphatic rings. The van der Waals surface area contributed by atoms with Gasteiger partial charge in [0.2, 0.25) is 5.88 Å². The van der Waals surface area contributed by atoms with Crippen molar-refractivity contribution in [3.05, 3.63) is 59.3 Å². The van der Waals surface area contributed by atoms with Gasteiger partial charge in [-0.1, -0.05) is 0 Å². The van der Waals surface area contributed by atoms with Gasteiger partial charge < -0.3 is 14.5 Å². The van der Waals surface area contributed by atoms with Gasteiger partial charge in [0.25, 0.3) is 11.8 Å². The number of hydrogen-bond donors (Lipinski definition) is 0. The molecule has 0 unspecified atom stereocenters. The molecule has 0 atom stereocenters. The molecule has 6 nitrogen and oxygen atoms in total. The molecule has 0 saturated carbocycles. The van der Waals surface area contributed by atoms with Crippen LogP contribution in [0.25, 0.3) is 0 Å². The van der Waals surface area contributed by atoms with E-state index >= 15 is 0 Å². The maximum atomic E-state index is 13.3. The molecule has 0 spiro atoms. The van der Waals surface area contributed by atoms with E-state index in [1.807, 2.05) is 0 Å². The zero-order valence-electron chi connectivity index (χ0n) is 14.1. The van der Waals surface area contributed by atoms with Crippen molar-refractivity contribution in [3.8, 4) is 5.88 Å². The summed E-state index contributed by atoms with van der Waals surface area (Å²) in [6.07, 6.45) is 1.44. The second kappa shape index (κ2) is 7.47. The first-order valence-electron chi connectivity index (χ1n) is 8.03. The number of hydrogen-bond acceptors (Lipinski definition) is 4. The van der Waals surface area contributed by atoms with Crippen molar-refractivity contribution in [2.24, 2.45) is 0 Å². The Labute approximate surface area is 149 Å². The van der Waals surface area contributed by atoms with Crippen LogP contribution in [-0.4, -0.2) is 59.9 Å². The maximum absolute atomic E-state index is 13.3. The number of nitrogens with zero attached hydrogens (tertiary/aromatic N) is 3. The molecular weight excluding hydrogens is 344 g/mol. The average molecular weight is 361 g/mol. The lowest BCUT2D eigenvalue weighted by Gasteiger charge is -2.34. The first-order chi connectivity index (χ1) is 12.5. The summed E-state index contributed by atoms with van der Waals surface area (Å²) in [4.78, 5) is 32.0. The lowest BCUT2D eigenvalue weighted by molar-refractivity contribution is 0.0535. The van der Waals surface area contributed by atoms with E-state index in [1.54, 1.807) is 17.0 Å². The van der Waals surface area contributed by atoms with Gasteiger partial charge in [-0.25, -0.2) is 13.8 Å². The number of aromatic nitrogens is 1. The molecule has 8 heteroatoms.